The Kier molecular flexibility index (Phi) is 6.19. The van der Waals surface area contributed by atoms with Crippen molar-refractivity contribution in [1.29, 1.82) is 0 Å². The highest BCUT2D eigenvalue weighted by Crippen LogP contribution is 2.07. The van der Waals surface area contributed by atoms with Gasteiger partial charge in [0.1, 0.15) is 11.5 Å². The van der Waals surface area contributed by atoms with Crippen LogP contribution >= 0.6 is 0 Å². The van der Waals surface area contributed by atoms with Crippen molar-refractivity contribution in [3.63, 3.8) is 0 Å². The summed E-state index contributed by atoms with van der Waals surface area (Å²) in [5.41, 5.74) is 0. The predicted octanol–water partition coefficient (Wildman–Crippen LogP) is 2.60. The van der Waals surface area contributed by atoms with Crippen LogP contribution in [0.15, 0.2) is 16.5 Å². The molecule has 0 aliphatic rings. The minimum absolute atomic E-state index is 0.609. The lowest BCUT2D eigenvalue weighted by atomic mass is 10.2. The normalized spacial score (nSPS) is 11.2. The van der Waals surface area contributed by atoms with Gasteiger partial charge in [0.2, 0.25) is 0 Å². The monoisotopic (exact) mass is 225 g/mol. The first kappa shape index (κ1) is 13.3. The maximum atomic E-state index is 5.57. The Morgan fingerprint density at radius 2 is 2.06 bits per heavy atom. The number of nitrogens with one attached hydrogen (secondary N) is 1. The van der Waals surface area contributed by atoms with Crippen molar-refractivity contribution >= 4 is 0 Å². The molecule has 3 nitrogen and oxygen atoms in total. The van der Waals surface area contributed by atoms with Crippen LogP contribution in [0.3, 0.4) is 0 Å². The van der Waals surface area contributed by atoms with E-state index >= 15 is 0 Å². The van der Waals surface area contributed by atoms with Crippen LogP contribution in [-0.4, -0.2) is 19.8 Å². The fraction of sp³-hybridized carbons (Fsp3) is 0.692. The van der Waals surface area contributed by atoms with Crippen molar-refractivity contribution in [1.82, 2.24) is 5.32 Å². The summed E-state index contributed by atoms with van der Waals surface area (Å²) in [4.78, 5) is 0. The number of hydrogen-bond donors (Lipinski definition) is 1. The summed E-state index contributed by atoms with van der Waals surface area (Å²) in [5, 5.41) is 3.29. The first-order valence-electron chi connectivity index (χ1n) is 6.08. The molecule has 0 atom stereocenters. The first-order chi connectivity index (χ1) is 7.72. The van der Waals surface area contributed by atoms with Crippen LogP contribution in [0, 0.1) is 5.92 Å². The molecule has 0 aromatic carbocycles. The van der Waals surface area contributed by atoms with Gasteiger partial charge in [0.25, 0.3) is 0 Å². The van der Waals surface area contributed by atoms with E-state index in [4.69, 9.17) is 9.15 Å². The third kappa shape index (κ3) is 5.33. The highest BCUT2D eigenvalue weighted by molar-refractivity contribution is 5.06. The number of aryl methyl sites for hydroxylation is 1. The van der Waals surface area contributed by atoms with Gasteiger partial charge in [0.15, 0.2) is 0 Å². The van der Waals surface area contributed by atoms with E-state index in [2.05, 4.69) is 26.1 Å². The van der Waals surface area contributed by atoms with Crippen LogP contribution in [0.25, 0.3) is 0 Å². The molecule has 92 valence electrons. The van der Waals surface area contributed by atoms with Crippen molar-refractivity contribution < 1.29 is 9.15 Å². The Labute approximate surface area is 98.2 Å². The lowest BCUT2D eigenvalue weighted by Gasteiger charge is -2.07. The molecule has 0 spiro atoms. The summed E-state index contributed by atoms with van der Waals surface area (Å²) in [6.45, 7) is 9.66. The second-order valence-corrected chi connectivity index (χ2v) is 4.37. The zero-order valence-electron chi connectivity index (χ0n) is 10.6. The summed E-state index contributed by atoms with van der Waals surface area (Å²) < 4.78 is 11.0. The largest absolute Gasteiger partial charge is 0.465 e. The lowest BCUT2D eigenvalue weighted by Crippen LogP contribution is -2.20. The van der Waals surface area contributed by atoms with Gasteiger partial charge in [0, 0.05) is 19.6 Å². The molecule has 0 fully saturated rings. The number of furan rings is 1. The zero-order chi connectivity index (χ0) is 11.8. The topological polar surface area (TPSA) is 34.4 Å². The van der Waals surface area contributed by atoms with Gasteiger partial charge in [-0.1, -0.05) is 20.8 Å². The van der Waals surface area contributed by atoms with Crippen LogP contribution in [0.5, 0.6) is 0 Å². The Bertz CT molecular complexity index is 281. The standard InChI is InChI=1S/C13H23NO2/c1-4-12-5-6-13(16-12)9-14-7-8-15-10-11(2)3/h5-6,11,14H,4,7-10H2,1-3H3. The lowest BCUT2D eigenvalue weighted by molar-refractivity contribution is 0.111. The maximum absolute atomic E-state index is 5.57. The molecule has 0 bridgehead atoms. The molecule has 3 heteroatoms. The van der Waals surface area contributed by atoms with Gasteiger partial charge in [-0.25, -0.2) is 0 Å². The van der Waals surface area contributed by atoms with Gasteiger partial charge in [-0.2, -0.15) is 0 Å². The van der Waals surface area contributed by atoms with E-state index in [0.717, 1.165) is 44.2 Å². The minimum atomic E-state index is 0.609. The van der Waals surface area contributed by atoms with Gasteiger partial charge in [-0.15, -0.1) is 0 Å². The van der Waals surface area contributed by atoms with Gasteiger partial charge in [0.05, 0.1) is 13.2 Å². The maximum Gasteiger partial charge on any atom is 0.117 e. The van der Waals surface area contributed by atoms with E-state index in [1.807, 2.05) is 12.1 Å². The van der Waals surface area contributed by atoms with Crippen LogP contribution in [0.4, 0.5) is 0 Å². The average molecular weight is 225 g/mol. The van der Waals surface area contributed by atoms with E-state index in [9.17, 15) is 0 Å². The van der Waals surface area contributed by atoms with E-state index in [0.29, 0.717) is 5.92 Å². The summed E-state index contributed by atoms with van der Waals surface area (Å²) >= 11 is 0. The van der Waals surface area contributed by atoms with Gasteiger partial charge >= 0.3 is 0 Å². The summed E-state index contributed by atoms with van der Waals surface area (Å²) in [6, 6.07) is 4.06. The number of ether oxygens (including phenoxy) is 1. The highest BCUT2D eigenvalue weighted by Gasteiger charge is 1.99. The molecular weight excluding hydrogens is 202 g/mol. The summed E-state index contributed by atoms with van der Waals surface area (Å²) in [5.74, 6) is 2.66. The average Bonchev–Trinajstić information content (AvgIpc) is 2.70. The fourth-order valence-electron chi connectivity index (χ4n) is 1.38. The molecule has 0 saturated carbocycles. The number of rotatable bonds is 8. The van der Waals surface area contributed by atoms with Crippen molar-refractivity contribution in [2.75, 3.05) is 19.8 Å². The Hall–Kier alpha value is -0.800. The summed E-state index contributed by atoms with van der Waals surface area (Å²) in [7, 11) is 0. The molecule has 1 rings (SSSR count). The third-order valence-corrected chi connectivity index (χ3v) is 2.24. The molecule has 1 N–H and O–H groups in total. The molecule has 1 aromatic rings. The molecule has 0 radical (unpaired) electrons. The van der Waals surface area contributed by atoms with Crippen molar-refractivity contribution in [2.24, 2.45) is 5.92 Å². The molecule has 1 aromatic heterocycles. The molecule has 0 saturated heterocycles. The Morgan fingerprint density at radius 1 is 1.31 bits per heavy atom. The fourth-order valence-corrected chi connectivity index (χ4v) is 1.38. The van der Waals surface area contributed by atoms with Gasteiger partial charge < -0.3 is 14.5 Å². The van der Waals surface area contributed by atoms with Crippen LogP contribution < -0.4 is 5.32 Å². The zero-order valence-corrected chi connectivity index (χ0v) is 10.6. The molecular formula is C13H23NO2. The summed E-state index contributed by atoms with van der Waals surface area (Å²) in [6.07, 6.45) is 0.956. The molecule has 1 heterocycles. The molecule has 0 amide bonds. The minimum Gasteiger partial charge on any atom is -0.465 e. The molecule has 16 heavy (non-hydrogen) atoms. The highest BCUT2D eigenvalue weighted by atomic mass is 16.5. The van der Waals surface area contributed by atoms with Crippen LogP contribution in [-0.2, 0) is 17.7 Å². The smallest absolute Gasteiger partial charge is 0.117 e. The molecule has 0 aliphatic carbocycles. The van der Waals surface area contributed by atoms with E-state index in [1.54, 1.807) is 0 Å². The number of hydrogen-bond acceptors (Lipinski definition) is 3. The SMILES string of the molecule is CCc1ccc(CNCCOCC(C)C)o1. The van der Waals surface area contributed by atoms with E-state index < -0.39 is 0 Å². The van der Waals surface area contributed by atoms with E-state index in [-0.39, 0.29) is 0 Å². The van der Waals surface area contributed by atoms with Crippen LogP contribution in [0.1, 0.15) is 32.3 Å². The van der Waals surface area contributed by atoms with Crippen LogP contribution in [0.2, 0.25) is 0 Å². The predicted molar refractivity (Wildman–Crippen MR) is 65.4 cm³/mol. The quantitative estimate of drug-likeness (QED) is 0.691. The Morgan fingerprint density at radius 3 is 2.69 bits per heavy atom. The second kappa shape index (κ2) is 7.47. The van der Waals surface area contributed by atoms with Crippen molar-refractivity contribution in [3.8, 4) is 0 Å². The van der Waals surface area contributed by atoms with Crippen molar-refractivity contribution in [3.05, 3.63) is 23.7 Å². The van der Waals surface area contributed by atoms with E-state index in [1.165, 1.54) is 0 Å². The molecule has 0 aliphatic heterocycles. The Balaban J connectivity index is 2.02. The third-order valence-electron chi connectivity index (χ3n) is 2.24. The van der Waals surface area contributed by atoms with Gasteiger partial charge in [-0.3, -0.25) is 0 Å². The van der Waals surface area contributed by atoms with Crippen molar-refractivity contribution in [2.45, 2.75) is 33.7 Å². The van der Waals surface area contributed by atoms with Gasteiger partial charge in [-0.05, 0) is 18.1 Å². The second-order valence-electron chi connectivity index (χ2n) is 4.37. The molecule has 0 unspecified atom stereocenters. The first-order valence-corrected chi connectivity index (χ1v) is 6.08.